The Bertz CT molecular complexity index is 866. The zero-order valence-corrected chi connectivity index (χ0v) is 14.3. The van der Waals surface area contributed by atoms with Crippen molar-refractivity contribution in [3.05, 3.63) is 60.2 Å². The fourth-order valence-corrected chi connectivity index (χ4v) is 3.28. The van der Waals surface area contributed by atoms with Gasteiger partial charge in [-0.15, -0.1) is 0 Å². The number of aliphatic imine (C=N–C) groups is 1. The molecule has 0 saturated carbocycles. The second-order valence-electron chi connectivity index (χ2n) is 5.48. The zero-order valence-electron chi connectivity index (χ0n) is 13.5. The van der Waals surface area contributed by atoms with Crippen LogP contribution in [-0.2, 0) is 9.59 Å². The van der Waals surface area contributed by atoms with E-state index in [0.29, 0.717) is 10.9 Å². The smallest absolute Gasteiger partial charge is 0.335 e. The van der Waals surface area contributed by atoms with Gasteiger partial charge in [0.1, 0.15) is 5.25 Å². The third-order valence-corrected chi connectivity index (χ3v) is 4.63. The van der Waals surface area contributed by atoms with E-state index >= 15 is 0 Å². The highest BCUT2D eigenvalue weighted by Gasteiger charge is 2.32. The summed E-state index contributed by atoms with van der Waals surface area (Å²) in [6, 6.07) is 15.0. The first-order chi connectivity index (χ1) is 12.5. The van der Waals surface area contributed by atoms with Gasteiger partial charge >= 0.3 is 5.97 Å². The number of benzene rings is 2. The number of carbonyl (C=O) groups excluding carboxylic acids is 2. The van der Waals surface area contributed by atoms with Crippen molar-refractivity contribution in [2.24, 2.45) is 4.99 Å². The van der Waals surface area contributed by atoms with Crippen LogP contribution < -0.4 is 10.6 Å². The van der Waals surface area contributed by atoms with Crippen LogP contribution in [0.3, 0.4) is 0 Å². The lowest BCUT2D eigenvalue weighted by Crippen LogP contribution is -2.28. The predicted molar refractivity (Wildman–Crippen MR) is 99.7 cm³/mol. The Kier molecular flexibility index (Phi) is 5.33. The van der Waals surface area contributed by atoms with Gasteiger partial charge in [0, 0.05) is 12.1 Å². The summed E-state index contributed by atoms with van der Waals surface area (Å²) < 4.78 is 0. The molecular formula is C18H15N3O4S. The number of carboxylic acid groups (broad SMARTS) is 1. The number of hydrogen-bond acceptors (Lipinski definition) is 5. The monoisotopic (exact) mass is 369 g/mol. The van der Waals surface area contributed by atoms with E-state index < -0.39 is 11.2 Å². The van der Waals surface area contributed by atoms with E-state index in [0.717, 1.165) is 5.69 Å². The molecule has 8 heteroatoms. The molecule has 2 aromatic rings. The van der Waals surface area contributed by atoms with E-state index in [1.807, 2.05) is 30.3 Å². The SMILES string of the molecule is O=C(C[C@H]1SC(=Nc2ccccc2)NC1=O)Nc1ccc(C(=O)O)cc1. The highest BCUT2D eigenvalue weighted by molar-refractivity contribution is 8.15. The number of nitrogens with zero attached hydrogens (tertiary/aromatic N) is 1. The van der Waals surface area contributed by atoms with Crippen molar-refractivity contribution in [2.75, 3.05) is 5.32 Å². The molecule has 0 radical (unpaired) electrons. The molecule has 1 aliphatic heterocycles. The standard InChI is InChI=1S/C18H15N3O4S/c22-15(19-13-8-6-11(7-9-13)17(24)25)10-14-16(23)21-18(26-14)20-12-4-2-1-3-5-12/h1-9,14H,10H2,(H,19,22)(H,24,25)(H,20,21,23)/t14-/m1/s1. The van der Waals surface area contributed by atoms with E-state index in [4.69, 9.17) is 5.11 Å². The minimum Gasteiger partial charge on any atom is -0.478 e. The number of aromatic carboxylic acids is 1. The van der Waals surface area contributed by atoms with Crippen molar-refractivity contribution in [1.82, 2.24) is 5.32 Å². The molecule has 0 spiro atoms. The third-order valence-electron chi connectivity index (χ3n) is 3.55. The molecule has 0 bridgehead atoms. The molecule has 1 atom stereocenters. The van der Waals surface area contributed by atoms with Gasteiger partial charge < -0.3 is 15.7 Å². The Labute approximate surface area is 153 Å². The molecular weight excluding hydrogens is 354 g/mol. The molecule has 2 amide bonds. The summed E-state index contributed by atoms with van der Waals surface area (Å²) in [5.41, 5.74) is 1.33. The van der Waals surface area contributed by atoms with Gasteiger partial charge in [-0.3, -0.25) is 9.59 Å². The molecule has 7 nitrogen and oxygen atoms in total. The van der Waals surface area contributed by atoms with Crippen molar-refractivity contribution in [3.63, 3.8) is 0 Å². The van der Waals surface area contributed by atoms with Crippen LogP contribution in [0.4, 0.5) is 11.4 Å². The van der Waals surface area contributed by atoms with Gasteiger partial charge in [-0.05, 0) is 36.4 Å². The highest BCUT2D eigenvalue weighted by atomic mass is 32.2. The van der Waals surface area contributed by atoms with E-state index in [1.54, 1.807) is 0 Å². The summed E-state index contributed by atoms with van der Waals surface area (Å²) in [6.45, 7) is 0. The molecule has 0 unspecified atom stereocenters. The number of hydrogen-bond donors (Lipinski definition) is 3. The molecule has 1 heterocycles. The summed E-state index contributed by atoms with van der Waals surface area (Å²) >= 11 is 1.21. The number of nitrogens with one attached hydrogen (secondary N) is 2. The molecule has 26 heavy (non-hydrogen) atoms. The number of anilines is 1. The van der Waals surface area contributed by atoms with Gasteiger partial charge in [0.2, 0.25) is 11.8 Å². The van der Waals surface area contributed by atoms with Gasteiger partial charge in [-0.2, -0.15) is 0 Å². The summed E-state index contributed by atoms with van der Waals surface area (Å²) in [5.74, 6) is -1.63. The lowest BCUT2D eigenvalue weighted by molar-refractivity contribution is -0.122. The van der Waals surface area contributed by atoms with E-state index in [-0.39, 0.29) is 23.8 Å². The predicted octanol–water partition coefficient (Wildman–Crippen LogP) is 2.63. The van der Waals surface area contributed by atoms with Gasteiger partial charge in [-0.25, -0.2) is 9.79 Å². The first-order valence-corrected chi connectivity index (χ1v) is 8.64. The zero-order chi connectivity index (χ0) is 18.5. The summed E-state index contributed by atoms with van der Waals surface area (Å²) in [4.78, 5) is 39.3. The molecule has 1 aliphatic rings. The summed E-state index contributed by atoms with van der Waals surface area (Å²) in [5, 5.41) is 14.1. The molecule has 3 N–H and O–H groups in total. The van der Waals surface area contributed by atoms with Gasteiger partial charge in [-0.1, -0.05) is 30.0 Å². The normalized spacial score (nSPS) is 17.8. The lowest BCUT2D eigenvalue weighted by Gasteiger charge is -2.07. The second kappa shape index (κ2) is 7.83. The number of thioether (sulfide) groups is 1. The topological polar surface area (TPSA) is 108 Å². The highest BCUT2D eigenvalue weighted by Crippen LogP contribution is 2.25. The Morgan fingerprint density at radius 1 is 1.12 bits per heavy atom. The van der Waals surface area contributed by atoms with Crippen LogP contribution in [-0.4, -0.2) is 33.3 Å². The van der Waals surface area contributed by atoms with Crippen LogP contribution in [0.1, 0.15) is 16.8 Å². The molecule has 3 rings (SSSR count). The van der Waals surface area contributed by atoms with Crippen LogP contribution in [0.5, 0.6) is 0 Å². The van der Waals surface area contributed by atoms with E-state index in [2.05, 4.69) is 15.6 Å². The first-order valence-electron chi connectivity index (χ1n) is 7.76. The van der Waals surface area contributed by atoms with Crippen LogP contribution in [0.2, 0.25) is 0 Å². The van der Waals surface area contributed by atoms with Crippen molar-refractivity contribution >= 4 is 46.1 Å². The molecule has 132 valence electrons. The number of rotatable bonds is 5. The van der Waals surface area contributed by atoms with Crippen LogP contribution >= 0.6 is 11.8 Å². The van der Waals surface area contributed by atoms with Crippen LogP contribution in [0.25, 0.3) is 0 Å². The first kappa shape index (κ1) is 17.7. The van der Waals surface area contributed by atoms with Crippen LogP contribution in [0, 0.1) is 0 Å². The Hall–Kier alpha value is -3.13. The third kappa shape index (κ3) is 4.48. The summed E-state index contributed by atoms with van der Waals surface area (Å²) in [6.07, 6.45) is -0.00894. The van der Waals surface area contributed by atoms with Crippen molar-refractivity contribution < 1.29 is 19.5 Å². The number of carboxylic acids is 1. The minimum atomic E-state index is -1.04. The molecule has 0 aliphatic carbocycles. The second-order valence-corrected chi connectivity index (χ2v) is 6.67. The van der Waals surface area contributed by atoms with Gasteiger partial charge in [0.25, 0.3) is 0 Å². The van der Waals surface area contributed by atoms with Gasteiger partial charge in [0.05, 0.1) is 11.3 Å². The number of amides is 2. The average molecular weight is 369 g/mol. The Balaban J connectivity index is 1.58. The Morgan fingerprint density at radius 3 is 2.46 bits per heavy atom. The van der Waals surface area contributed by atoms with Crippen molar-refractivity contribution in [2.45, 2.75) is 11.7 Å². The lowest BCUT2D eigenvalue weighted by atomic mass is 10.2. The van der Waals surface area contributed by atoms with E-state index in [1.165, 1.54) is 36.0 Å². The quantitative estimate of drug-likeness (QED) is 0.751. The summed E-state index contributed by atoms with van der Waals surface area (Å²) in [7, 11) is 0. The number of para-hydroxylation sites is 1. The molecule has 1 saturated heterocycles. The van der Waals surface area contributed by atoms with E-state index in [9.17, 15) is 14.4 Å². The minimum absolute atomic E-state index is 0.00894. The fraction of sp³-hybridized carbons (Fsp3) is 0.111. The van der Waals surface area contributed by atoms with Crippen molar-refractivity contribution in [1.29, 1.82) is 0 Å². The van der Waals surface area contributed by atoms with Gasteiger partial charge in [0.15, 0.2) is 5.17 Å². The number of carbonyl (C=O) groups is 3. The maximum Gasteiger partial charge on any atom is 0.335 e. The molecule has 0 aromatic heterocycles. The molecule has 2 aromatic carbocycles. The Morgan fingerprint density at radius 2 is 1.81 bits per heavy atom. The maximum absolute atomic E-state index is 12.1. The molecule has 1 fully saturated rings. The fourth-order valence-electron chi connectivity index (χ4n) is 2.29. The van der Waals surface area contributed by atoms with Crippen LogP contribution in [0.15, 0.2) is 59.6 Å². The largest absolute Gasteiger partial charge is 0.478 e. The maximum atomic E-state index is 12.1. The van der Waals surface area contributed by atoms with Crippen molar-refractivity contribution in [3.8, 4) is 0 Å². The number of amidine groups is 1. The average Bonchev–Trinajstić information content (AvgIpc) is 2.95.